The molecule has 1 aliphatic rings. The number of fused-ring (bicyclic) bond motifs is 1. The fraction of sp³-hybridized carbons (Fsp3) is 0.333. The van der Waals surface area contributed by atoms with E-state index in [0.29, 0.717) is 29.4 Å². The molecule has 0 radical (unpaired) electrons. The summed E-state index contributed by atoms with van der Waals surface area (Å²) in [5, 5.41) is 13.3. The number of nitrogens with one attached hydrogen (secondary N) is 2. The zero-order valence-corrected chi connectivity index (χ0v) is 13.3. The van der Waals surface area contributed by atoms with Crippen molar-refractivity contribution in [1.29, 1.82) is 0 Å². The molecule has 1 fully saturated rings. The maximum atomic E-state index is 12.5. The van der Waals surface area contributed by atoms with Crippen LogP contribution in [0.4, 0.5) is 0 Å². The van der Waals surface area contributed by atoms with Gasteiger partial charge in [0.1, 0.15) is 11.2 Å². The van der Waals surface area contributed by atoms with Crippen LogP contribution in [-0.2, 0) is 4.79 Å². The maximum Gasteiger partial charge on any atom is 0.329 e. The molecule has 1 aliphatic heterocycles. The van der Waals surface area contributed by atoms with Gasteiger partial charge < -0.3 is 15.4 Å². The van der Waals surface area contributed by atoms with E-state index in [4.69, 9.17) is 11.6 Å². The van der Waals surface area contributed by atoms with Crippen molar-refractivity contribution in [2.24, 2.45) is 0 Å². The number of aromatic amines is 1. The molecule has 0 spiro atoms. The zero-order chi connectivity index (χ0) is 15.7. The molecule has 0 unspecified atom stereocenters. The van der Waals surface area contributed by atoms with E-state index in [9.17, 15) is 14.7 Å². The number of hydrogen-bond donors (Lipinski definition) is 3. The van der Waals surface area contributed by atoms with Crippen molar-refractivity contribution in [1.82, 2.24) is 10.3 Å². The highest BCUT2D eigenvalue weighted by molar-refractivity contribution is 7.99. The van der Waals surface area contributed by atoms with Gasteiger partial charge in [0.05, 0.1) is 5.02 Å². The van der Waals surface area contributed by atoms with Gasteiger partial charge in [0.25, 0.3) is 5.91 Å². The minimum Gasteiger partial charge on any atom is -0.480 e. The lowest BCUT2D eigenvalue weighted by Crippen LogP contribution is -2.56. The summed E-state index contributed by atoms with van der Waals surface area (Å²) >= 11 is 7.95. The van der Waals surface area contributed by atoms with E-state index in [2.05, 4.69) is 10.3 Å². The molecule has 0 saturated carbocycles. The summed E-state index contributed by atoms with van der Waals surface area (Å²) < 4.78 is 0. The van der Waals surface area contributed by atoms with Gasteiger partial charge in [-0.25, -0.2) is 4.79 Å². The number of hydrogen-bond acceptors (Lipinski definition) is 3. The molecule has 1 aromatic heterocycles. The number of benzene rings is 1. The molecule has 2 heterocycles. The van der Waals surface area contributed by atoms with E-state index in [1.165, 1.54) is 0 Å². The number of carboxylic acid groups (broad SMARTS) is 1. The normalized spacial score (nSPS) is 17.3. The molecule has 1 saturated heterocycles. The topological polar surface area (TPSA) is 82.2 Å². The molecule has 0 bridgehead atoms. The van der Waals surface area contributed by atoms with Gasteiger partial charge in [0.2, 0.25) is 0 Å². The molecule has 1 aromatic carbocycles. The van der Waals surface area contributed by atoms with E-state index < -0.39 is 17.4 Å². The first-order chi connectivity index (χ1) is 10.5. The van der Waals surface area contributed by atoms with Gasteiger partial charge in [0, 0.05) is 10.9 Å². The maximum absolute atomic E-state index is 12.5. The molecule has 3 N–H and O–H groups in total. The number of rotatable bonds is 3. The van der Waals surface area contributed by atoms with Crippen LogP contribution in [0.25, 0.3) is 10.9 Å². The average Bonchev–Trinajstić information content (AvgIpc) is 2.86. The summed E-state index contributed by atoms with van der Waals surface area (Å²) in [5.41, 5.74) is -0.244. The molecular formula is C15H15ClN2O3S. The Morgan fingerprint density at radius 1 is 1.27 bits per heavy atom. The standard InChI is InChI=1S/C15H15ClN2O3S/c16-11-9-3-1-2-4-10(9)17-12(11)13(19)18-15(14(20)21)5-7-22-8-6-15/h1-4,17H,5-8H2,(H,18,19)(H,20,21). The van der Waals surface area contributed by atoms with Crippen molar-refractivity contribution in [3.8, 4) is 0 Å². The fourth-order valence-corrected chi connectivity index (χ4v) is 4.14. The summed E-state index contributed by atoms with van der Waals surface area (Å²) in [7, 11) is 0. The van der Waals surface area contributed by atoms with Crippen LogP contribution in [0.2, 0.25) is 5.02 Å². The van der Waals surface area contributed by atoms with E-state index in [-0.39, 0.29) is 5.69 Å². The smallest absolute Gasteiger partial charge is 0.329 e. The Balaban J connectivity index is 1.92. The molecule has 0 aliphatic carbocycles. The fourth-order valence-electron chi connectivity index (χ4n) is 2.66. The van der Waals surface area contributed by atoms with Crippen molar-refractivity contribution >= 4 is 46.1 Å². The van der Waals surface area contributed by atoms with Gasteiger partial charge >= 0.3 is 5.97 Å². The Labute approximate surface area is 136 Å². The van der Waals surface area contributed by atoms with Crippen molar-refractivity contribution in [2.75, 3.05) is 11.5 Å². The van der Waals surface area contributed by atoms with Crippen molar-refractivity contribution < 1.29 is 14.7 Å². The molecule has 2 aromatic rings. The van der Waals surface area contributed by atoms with E-state index in [1.807, 2.05) is 24.3 Å². The molecule has 22 heavy (non-hydrogen) atoms. The highest BCUT2D eigenvalue weighted by Gasteiger charge is 2.42. The van der Waals surface area contributed by atoms with Crippen LogP contribution < -0.4 is 5.32 Å². The average molecular weight is 339 g/mol. The van der Waals surface area contributed by atoms with Crippen LogP contribution in [0.1, 0.15) is 23.3 Å². The number of carbonyl (C=O) groups excluding carboxylic acids is 1. The minimum atomic E-state index is -1.21. The second-order valence-electron chi connectivity index (χ2n) is 5.31. The van der Waals surface area contributed by atoms with Crippen molar-refractivity contribution in [3.63, 3.8) is 0 Å². The summed E-state index contributed by atoms with van der Waals surface area (Å²) in [5.74, 6) is -0.0380. The minimum absolute atomic E-state index is 0.210. The number of aromatic nitrogens is 1. The molecule has 0 atom stereocenters. The molecular weight excluding hydrogens is 324 g/mol. The third-order valence-electron chi connectivity index (χ3n) is 3.98. The summed E-state index contributed by atoms with van der Waals surface area (Å²) in [4.78, 5) is 27.1. The summed E-state index contributed by atoms with van der Waals surface area (Å²) in [6.45, 7) is 0. The Morgan fingerprint density at radius 3 is 2.59 bits per heavy atom. The van der Waals surface area contributed by atoms with Gasteiger partial charge in [-0.15, -0.1) is 0 Å². The third kappa shape index (κ3) is 2.57. The number of para-hydroxylation sites is 1. The summed E-state index contributed by atoms with van der Waals surface area (Å²) in [6, 6.07) is 7.31. The highest BCUT2D eigenvalue weighted by atomic mass is 35.5. The Morgan fingerprint density at radius 2 is 1.95 bits per heavy atom. The van der Waals surface area contributed by atoms with Gasteiger partial charge in [-0.2, -0.15) is 11.8 Å². The lowest BCUT2D eigenvalue weighted by atomic mass is 9.92. The van der Waals surface area contributed by atoms with E-state index >= 15 is 0 Å². The van der Waals surface area contributed by atoms with Gasteiger partial charge in [0.15, 0.2) is 0 Å². The second-order valence-corrected chi connectivity index (χ2v) is 6.92. The Hall–Kier alpha value is -1.66. The quantitative estimate of drug-likeness (QED) is 0.803. The van der Waals surface area contributed by atoms with Crippen LogP contribution >= 0.6 is 23.4 Å². The zero-order valence-electron chi connectivity index (χ0n) is 11.7. The van der Waals surface area contributed by atoms with E-state index in [1.54, 1.807) is 11.8 Å². The Kier molecular flexibility index (Phi) is 4.06. The third-order valence-corrected chi connectivity index (χ3v) is 5.36. The number of aliphatic carboxylic acids is 1. The second kappa shape index (κ2) is 5.85. The predicted molar refractivity (Wildman–Crippen MR) is 87.7 cm³/mol. The van der Waals surface area contributed by atoms with E-state index in [0.717, 1.165) is 10.9 Å². The highest BCUT2D eigenvalue weighted by Crippen LogP contribution is 2.30. The molecule has 1 amide bonds. The van der Waals surface area contributed by atoms with Gasteiger partial charge in [-0.3, -0.25) is 4.79 Å². The number of thioether (sulfide) groups is 1. The number of halogens is 1. The van der Waals surface area contributed by atoms with Crippen molar-refractivity contribution in [3.05, 3.63) is 35.0 Å². The number of carbonyl (C=O) groups is 2. The van der Waals surface area contributed by atoms with Crippen LogP contribution in [0.5, 0.6) is 0 Å². The molecule has 116 valence electrons. The van der Waals surface area contributed by atoms with Crippen LogP contribution in [0, 0.1) is 0 Å². The first-order valence-electron chi connectivity index (χ1n) is 6.93. The molecule has 5 nitrogen and oxygen atoms in total. The monoisotopic (exact) mass is 338 g/mol. The van der Waals surface area contributed by atoms with Crippen molar-refractivity contribution in [2.45, 2.75) is 18.4 Å². The predicted octanol–water partition coefficient (Wildman–Crippen LogP) is 2.90. The first-order valence-corrected chi connectivity index (χ1v) is 8.47. The van der Waals surface area contributed by atoms with Crippen LogP contribution in [0.3, 0.4) is 0 Å². The Bertz CT molecular complexity index is 737. The lowest BCUT2D eigenvalue weighted by molar-refractivity contribution is -0.144. The van der Waals surface area contributed by atoms with Crippen LogP contribution in [-0.4, -0.2) is 39.0 Å². The molecule has 3 rings (SSSR count). The number of amides is 1. The van der Waals surface area contributed by atoms with Gasteiger partial charge in [-0.05, 0) is 30.4 Å². The van der Waals surface area contributed by atoms with Gasteiger partial charge in [-0.1, -0.05) is 29.8 Å². The van der Waals surface area contributed by atoms with Crippen LogP contribution in [0.15, 0.2) is 24.3 Å². The lowest BCUT2D eigenvalue weighted by Gasteiger charge is -2.33. The number of carboxylic acids is 1. The summed E-state index contributed by atoms with van der Waals surface area (Å²) in [6.07, 6.45) is 0.827. The number of H-pyrrole nitrogens is 1. The SMILES string of the molecule is O=C(NC1(C(=O)O)CCSCC1)c1[nH]c2ccccc2c1Cl. The first kappa shape index (κ1) is 15.2. The largest absolute Gasteiger partial charge is 0.480 e. The molecule has 7 heteroatoms.